The van der Waals surface area contributed by atoms with Crippen molar-refractivity contribution in [3.8, 4) is 0 Å². The van der Waals surface area contributed by atoms with Gasteiger partial charge in [0.25, 0.3) is 5.91 Å². The molecular formula is C14H20N2O2. The van der Waals surface area contributed by atoms with E-state index in [9.17, 15) is 4.79 Å². The molecule has 0 unspecified atom stereocenters. The van der Waals surface area contributed by atoms with Crippen LogP contribution in [0.5, 0.6) is 0 Å². The average Bonchev–Trinajstić information content (AvgIpc) is 2.40. The number of hydrogen-bond acceptors (Lipinski definition) is 3. The summed E-state index contributed by atoms with van der Waals surface area (Å²) in [6.07, 6.45) is 1.56. The van der Waals surface area contributed by atoms with Crippen molar-refractivity contribution in [2.24, 2.45) is 5.73 Å². The van der Waals surface area contributed by atoms with Crippen molar-refractivity contribution >= 4 is 5.91 Å². The van der Waals surface area contributed by atoms with E-state index in [0.717, 1.165) is 24.0 Å². The normalized spacial score (nSPS) is 18.3. The first-order chi connectivity index (χ1) is 8.67. The summed E-state index contributed by atoms with van der Waals surface area (Å²) in [5.41, 5.74) is 7.22. The molecule has 1 saturated heterocycles. The lowest BCUT2D eigenvalue weighted by Crippen LogP contribution is -2.56. The largest absolute Gasteiger partial charge is 0.381 e. The Morgan fingerprint density at radius 2 is 2.06 bits per heavy atom. The molecule has 0 saturated carbocycles. The molecule has 1 fully saturated rings. The topological polar surface area (TPSA) is 64.4 Å². The van der Waals surface area contributed by atoms with Crippen molar-refractivity contribution < 1.29 is 9.53 Å². The van der Waals surface area contributed by atoms with Gasteiger partial charge in [-0.15, -0.1) is 0 Å². The van der Waals surface area contributed by atoms with Crippen LogP contribution in [-0.2, 0) is 4.74 Å². The number of nitrogens with one attached hydrogen (secondary N) is 1. The van der Waals surface area contributed by atoms with Gasteiger partial charge in [-0.3, -0.25) is 4.79 Å². The highest BCUT2D eigenvalue weighted by Crippen LogP contribution is 2.20. The fourth-order valence-electron chi connectivity index (χ4n) is 2.28. The van der Waals surface area contributed by atoms with E-state index in [1.165, 1.54) is 0 Å². The maximum Gasteiger partial charge on any atom is 0.252 e. The zero-order chi connectivity index (χ0) is 13.0. The zero-order valence-electron chi connectivity index (χ0n) is 10.7. The van der Waals surface area contributed by atoms with Crippen LogP contribution < -0.4 is 11.1 Å². The quantitative estimate of drug-likeness (QED) is 0.845. The van der Waals surface area contributed by atoms with Crippen molar-refractivity contribution in [1.82, 2.24) is 5.32 Å². The van der Waals surface area contributed by atoms with E-state index in [-0.39, 0.29) is 11.4 Å². The number of ether oxygens (including phenoxy) is 1. The predicted octanol–water partition coefficient (Wildman–Crippen LogP) is 1.23. The third-order valence-corrected chi connectivity index (χ3v) is 3.61. The lowest BCUT2D eigenvalue weighted by molar-refractivity contribution is 0.0388. The van der Waals surface area contributed by atoms with Gasteiger partial charge in [-0.05, 0) is 31.4 Å². The summed E-state index contributed by atoms with van der Waals surface area (Å²) in [7, 11) is 0. The average molecular weight is 248 g/mol. The molecule has 0 bridgehead atoms. The van der Waals surface area contributed by atoms with E-state index in [4.69, 9.17) is 10.5 Å². The number of amides is 1. The number of carbonyl (C=O) groups excluding carboxylic acids is 1. The van der Waals surface area contributed by atoms with Crippen LogP contribution in [-0.4, -0.2) is 31.2 Å². The van der Waals surface area contributed by atoms with Gasteiger partial charge in [0.05, 0.1) is 5.54 Å². The monoisotopic (exact) mass is 248 g/mol. The maximum atomic E-state index is 12.3. The highest BCUT2D eigenvalue weighted by Gasteiger charge is 2.33. The molecule has 4 heteroatoms. The molecule has 0 radical (unpaired) electrons. The number of nitrogens with two attached hydrogens (primary N) is 1. The van der Waals surface area contributed by atoms with Crippen LogP contribution in [0.15, 0.2) is 24.3 Å². The van der Waals surface area contributed by atoms with Gasteiger partial charge in [0, 0.05) is 25.3 Å². The lowest BCUT2D eigenvalue weighted by atomic mass is 9.89. The number of carbonyl (C=O) groups is 1. The molecule has 2 rings (SSSR count). The van der Waals surface area contributed by atoms with Crippen molar-refractivity contribution in [3.63, 3.8) is 0 Å². The van der Waals surface area contributed by atoms with Crippen LogP contribution in [0.25, 0.3) is 0 Å². The molecule has 0 atom stereocenters. The van der Waals surface area contributed by atoms with E-state index in [1.807, 2.05) is 31.2 Å². The molecule has 1 heterocycles. The maximum absolute atomic E-state index is 12.3. The molecule has 4 nitrogen and oxygen atoms in total. The van der Waals surface area contributed by atoms with E-state index in [2.05, 4.69) is 5.32 Å². The first-order valence-corrected chi connectivity index (χ1v) is 6.33. The van der Waals surface area contributed by atoms with Gasteiger partial charge in [0.2, 0.25) is 0 Å². The van der Waals surface area contributed by atoms with Gasteiger partial charge in [-0.1, -0.05) is 18.2 Å². The minimum absolute atomic E-state index is 0.0412. The Labute approximate surface area is 108 Å². The Kier molecular flexibility index (Phi) is 3.99. The summed E-state index contributed by atoms with van der Waals surface area (Å²) in [4.78, 5) is 12.3. The first-order valence-electron chi connectivity index (χ1n) is 6.33. The second kappa shape index (κ2) is 5.50. The number of benzene rings is 1. The molecule has 0 aliphatic carbocycles. The summed E-state index contributed by atoms with van der Waals surface area (Å²) >= 11 is 0. The molecule has 98 valence electrons. The van der Waals surface area contributed by atoms with E-state index < -0.39 is 0 Å². The number of aryl methyl sites for hydroxylation is 1. The van der Waals surface area contributed by atoms with Crippen LogP contribution in [0.2, 0.25) is 0 Å². The number of hydrogen-bond donors (Lipinski definition) is 2. The Bertz CT molecular complexity index is 426. The standard InChI is InChI=1S/C14H20N2O2/c1-11-4-2-3-5-12(11)13(17)16-14(10-15)6-8-18-9-7-14/h2-5H,6-10,15H2,1H3,(H,16,17). The third kappa shape index (κ3) is 2.71. The molecule has 1 amide bonds. The lowest BCUT2D eigenvalue weighted by Gasteiger charge is -2.37. The zero-order valence-corrected chi connectivity index (χ0v) is 10.7. The summed E-state index contributed by atoms with van der Waals surface area (Å²) in [6.45, 7) is 3.71. The first kappa shape index (κ1) is 13.1. The third-order valence-electron chi connectivity index (χ3n) is 3.61. The summed E-state index contributed by atoms with van der Waals surface area (Å²) in [5.74, 6) is -0.0412. The molecule has 0 aromatic heterocycles. The Balaban J connectivity index is 2.13. The molecule has 18 heavy (non-hydrogen) atoms. The van der Waals surface area contributed by atoms with Crippen molar-refractivity contribution in [3.05, 3.63) is 35.4 Å². The van der Waals surface area contributed by atoms with Gasteiger partial charge < -0.3 is 15.8 Å². The minimum Gasteiger partial charge on any atom is -0.381 e. The smallest absolute Gasteiger partial charge is 0.252 e. The van der Waals surface area contributed by atoms with Gasteiger partial charge >= 0.3 is 0 Å². The molecule has 1 aromatic rings. The van der Waals surface area contributed by atoms with Gasteiger partial charge in [0.1, 0.15) is 0 Å². The summed E-state index contributed by atoms with van der Waals surface area (Å²) in [6, 6.07) is 7.59. The fraction of sp³-hybridized carbons (Fsp3) is 0.500. The number of rotatable bonds is 3. The summed E-state index contributed by atoms with van der Waals surface area (Å²) in [5, 5.41) is 3.10. The van der Waals surface area contributed by atoms with E-state index in [1.54, 1.807) is 0 Å². The van der Waals surface area contributed by atoms with E-state index in [0.29, 0.717) is 19.8 Å². The van der Waals surface area contributed by atoms with Crippen molar-refractivity contribution in [1.29, 1.82) is 0 Å². The van der Waals surface area contributed by atoms with Crippen molar-refractivity contribution in [2.45, 2.75) is 25.3 Å². The molecular weight excluding hydrogens is 228 g/mol. The molecule has 1 aliphatic rings. The summed E-state index contributed by atoms with van der Waals surface area (Å²) < 4.78 is 5.33. The van der Waals surface area contributed by atoms with Gasteiger partial charge in [0.15, 0.2) is 0 Å². The van der Waals surface area contributed by atoms with Gasteiger partial charge in [-0.2, -0.15) is 0 Å². The van der Waals surface area contributed by atoms with E-state index >= 15 is 0 Å². The van der Waals surface area contributed by atoms with Crippen LogP contribution in [0.4, 0.5) is 0 Å². The highest BCUT2D eigenvalue weighted by molar-refractivity contribution is 5.96. The highest BCUT2D eigenvalue weighted by atomic mass is 16.5. The predicted molar refractivity (Wildman–Crippen MR) is 70.5 cm³/mol. The Morgan fingerprint density at radius 3 is 2.67 bits per heavy atom. The van der Waals surface area contributed by atoms with Gasteiger partial charge in [-0.25, -0.2) is 0 Å². The SMILES string of the molecule is Cc1ccccc1C(=O)NC1(CN)CCOCC1. The minimum atomic E-state index is -0.308. The van der Waals surface area contributed by atoms with Crippen LogP contribution in [0.3, 0.4) is 0 Å². The second-order valence-electron chi connectivity index (χ2n) is 4.87. The Morgan fingerprint density at radius 1 is 1.39 bits per heavy atom. The molecule has 1 aliphatic heterocycles. The molecule has 3 N–H and O–H groups in total. The van der Waals surface area contributed by atoms with Crippen LogP contribution >= 0.6 is 0 Å². The molecule has 0 spiro atoms. The van der Waals surface area contributed by atoms with Crippen LogP contribution in [0, 0.1) is 6.92 Å². The Hall–Kier alpha value is -1.39. The fourth-order valence-corrected chi connectivity index (χ4v) is 2.28. The van der Waals surface area contributed by atoms with Crippen molar-refractivity contribution in [2.75, 3.05) is 19.8 Å². The second-order valence-corrected chi connectivity index (χ2v) is 4.87. The molecule has 1 aromatic carbocycles. The van der Waals surface area contributed by atoms with Crippen LogP contribution in [0.1, 0.15) is 28.8 Å².